The van der Waals surface area contributed by atoms with Gasteiger partial charge in [-0.2, -0.15) is 0 Å². The largest absolute Gasteiger partial charge is 0.444 e. The van der Waals surface area contributed by atoms with Crippen LogP contribution in [0.1, 0.15) is 32.9 Å². The van der Waals surface area contributed by atoms with Crippen molar-refractivity contribution < 1.29 is 14.3 Å². The lowest BCUT2D eigenvalue weighted by Crippen LogP contribution is -2.39. The predicted octanol–water partition coefficient (Wildman–Crippen LogP) is 5.27. The number of rotatable bonds is 4. The topological polar surface area (TPSA) is 109 Å². The second-order valence-electron chi connectivity index (χ2n) is 8.67. The van der Waals surface area contributed by atoms with E-state index >= 15 is 0 Å². The van der Waals surface area contributed by atoms with Gasteiger partial charge in [-0.25, -0.2) is 19.6 Å². The van der Waals surface area contributed by atoms with Crippen LogP contribution < -0.4 is 10.6 Å². The summed E-state index contributed by atoms with van der Waals surface area (Å²) in [6, 6.07) is 8.76. The normalized spacial score (nSPS) is 13.7. The monoisotopic (exact) mass is 478 g/mol. The first-order valence-electron chi connectivity index (χ1n) is 10.9. The van der Waals surface area contributed by atoms with Crippen molar-refractivity contribution in [3.8, 4) is 10.6 Å². The number of anilines is 2. The van der Waals surface area contributed by atoms with Crippen molar-refractivity contribution in [3.63, 3.8) is 0 Å². The summed E-state index contributed by atoms with van der Waals surface area (Å²) < 4.78 is 5.44. The molecule has 34 heavy (non-hydrogen) atoms. The molecule has 1 aliphatic rings. The third kappa shape index (κ3) is 6.16. The minimum Gasteiger partial charge on any atom is -0.444 e. The van der Waals surface area contributed by atoms with E-state index in [1.165, 1.54) is 11.3 Å². The van der Waals surface area contributed by atoms with Crippen LogP contribution in [-0.2, 0) is 4.74 Å². The van der Waals surface area contributed by atoms with E-state index in [2.05, 4.69) is 25.6 Å². The van der Waals surface area contributed by atoms with Gasteiger partial charge in [0.25, 0.3) is 0 Å². The number of carbonyl (C=O) groups excluding carboxylic acids is 2. The molecule has 1 aliphatic heterocycles. The van der Waals surface area contributed by atoms with Gasteiger partial charge in [0.15, 0.2) is 0 Å². The molecular weight excluding hydrogens is 452 g/mol. The second-order valence-corrected chi connectivity index (χ2v) is 9.52. The van der Waals surface area contributed by atoms with Crippen LogP contribution in [-0.4, -0.2) is 50.7 Å². The Morgan fingerprint density at radius 1 is 1.06 bits per heavy atom. The molecule has 9 nitrogen and oxygen atoms in total. The first kappa shape index (κ1) is 23.4. The van der Waals surface area contributed by atoms with Crippen LogP contribution in [0.3, 0.4) is 0 Å². The molecule has 3 amide bonds. The van der Waals surface area contributed by atoms with Crippen LogP contribution in [0.4, 0.5) is 21.2 Å². The Balaban J connectivity index is 1.35. The van der Waals surface area contributed by atoms with Crippen molar-refractivity contribution in [2.24, 2.45) is 0 Å². The molecule has 0 fully saturated rings. The van der Waals surface area contributed by atoms with E-state index in [9.17, 15) is 9.59 Å². The molecule has 0 aliphatic carbocycles. The predicted molar refractivity (Wildman–Crippen MR) is 133 cm³/mol. The summed E-state index contributed by atoms with van der Waals surface area (Å²) in [7, 11) is 0. The molecule has 0 unspecified atom stereocenters. The van der Waals surface area contributed by atoms with Gasteiger partial charge in [0.1, 0.15) is 22.2 Å². The number of nitrogens with one attached hydrogen (secondary N) is 2. The van der Waals surface area contributed by atoms with Gasteiger partial charge in [0, 0.05) is 36.4 Å². The molecule has 10 heteroatoms. The van der Waals surface area contributed by atoms with Gasteiger partial charge in [0.05, 0.1) is 5.69 Å². The zero-order chi connectivity index (χ0) is 24.1. The lowest BCUT2D eigenvalue weighted by Gasteiger charge is -2.29. The molecule has 0 bridgehead atoms. The number of hydrogen-bond acceptors (Lipinski definition) is 7. The highest BCUT2D eigenvalue weighted by Gasteiger charge is 2.24. The number of nitrogens with zero attached hydrogens (tertiary/aromatic N) is 4. The van der Waals surface area contributed by atoms with Crippen molar-refractivity contribution in [1.29, 1.82) is 0 Å². The first-order chi connectivity index (χ1) is 16.3. The summed E-state index contributed by atoms with van der Waals surface area (Å²) in [5, 5.41) is 8.06. The van der Waals surface area contributed by atoms with Crippen LogP contribution in [0.5, 0.6) is 0 Å². The average molecular weight is 479 g/mol. The number of urea groups is 1. The summed E-state index contributed by atoms with van der Waals surface area (Å²) >= 11 is 1.44. The number of carbonyl (C=O) groups is 2. The average Bonchev–Trinajstić information content (AvgIpc) is 3.27. The van der Waals surface area contributed by atoms with Crippen LogP contribution >= 0.6 is 11.3 Å². The quantitative estimate of drug-likeness (QED) is 0.529. The maximum Gasteiger partial charge on any atom is 0.410 e. The van der Waals surface area contributed by atoms with E-state index in [1.54, 1.807) is 28.7 Å². The van der Waals surface area contributed by atoms with Crippen molar-refractivity contribution in [2.45, 2.75) is 32.8 Å². The Bertz CT molecular complexity index is 1200. The molecule has 4 heterocycles. The molecule has 0 aromatic carbocycles. The fraction of sp³-hybridized carbons (Fsp3) is 0.292. The number of thiazole rings is 1. The standard InChI is InChI=1S/C24H26N6O3S/c1-24(2,3)33-23(32)30-13-9-16(10-14-30)18-5-4-6-19(26-18)28-22(31)29-20-15-34-21(27-20)17-7-11-25-12-8-17/h4-9,11-12,15H,10,13-14H2,1-3H3,(H2,26,28,29,31). The van der Waals surface area contributed by atoms with E-state index < -0.39 is 11.6 Å². The molecule has 0 spiro atoms. The molecule has 0 saturated carbocycles. The lowest BCUT2D eigenvalue weighted by atomic mass is 10.0. The summed E-state index contributed by atoms with van der Waals surface area (Å²) in [6.45, 7) is 6.55. The van der Waals surface area contributed by atoms with E-state index in [1.807, 2.05) is 51.1 Å². The molecule has 0 saturated heterocycles. The molecule has 2 N–H and O–H groups in total. The molecule has 3 aromatic heterocycles. The minimum atomic E-state index is -0.525. The lowest BCUT2D eigenvalue weighted by molar-refractivity contribution is 0.0270. The van der Waals surface area contributed by atoms with Crippen molar-refractivity contribution >= 4 is 40.7 Å². The van der Waals surface area contributed by atoms with E-state index in [-0.39, 0.29) is 6.09 Å². The second kappa shape index (κ2) is 10.0. The number of aromatic nitrogens is 3. The number of pyridine rings is 2. The fourth-order valence-electron chi connectivity index (χ4n) is 3.30. The Kier molecular flexibility index (Phi) is 6.87. The van der Waals surface area contributed by atoms with Gasteiger partial charge in [0.2, 0.25) is 0 Å². The Labute approximate surface area is 201 Å². The SMILES string of the molecule is CC(C)(C)OC(=O)N1CC=C(c2cccc(NC(=O)Nc3csc(-c4ccncc4)n3)n2)CC1. The smallest absolute Gasteiger partial charge is 0.410 e. The third-order valence-corrected chi connectivity index (χ3v) is 5.74. The van der Waals surface area contributed by atoms with E-state index in [4.69, 9.17) is 4.74 Å². The molecule has 0 radical (unpaired) electrons. The highest BCUT2D eigenvalue weighted by Crippen LogP contribution is 2.26. The zero-order valence-electron chi connectivity index (χ0n) is 19.2. The molecule has 0 atom stereocenters. The highest BCUT2D eigenvalue weighted by molar-refractivity contribution is 7.13. The summed E-state index contributed by atoms with van der Waals surface area (Å²) in [5.41, 5.74) is 2.19. The Morgan fingerprint density at radius 3 is 2.53 bits per heavy atom. The number of amides is 3. The molecule has 3 aromatic rings. The van der Waals surface area contributed by atoms with Gasteiger partial charge in [-0.05, 0) is 57.0 Å². The molecule has 4 rings (SSSR count). The maximum absolute atomic E-state index is 12.5. The van der Waals surface area contributed by atoms with Gasteiger partial charge in [-0.3, -0.25) is 15.6 Å². The number of hydrogen-bond donors (Lipinski definition) is 2. The third-order valence-electron chi connectivity index (χ3n) is 4.85. The van der Waals surface area contributed by atoms with E-state index in [0.717, 1.165) is 21.8 Å². The van der Waals surface area contributed by atoms with Crippen LogP contribution in [0.2, 0.25) is 0 Å². The van der Waals surface area contributed by atoms with Crippen LogP contribution in [0.15, 0.2) is 54.2 Å². The summed E-state index contributed by atoms with van der Waals surface area (Å²) in [4.78, 5) is 39.4. The Hall–Kier alpha value is -3.79. The van der Waals surface area contributed by atoms with Gasteiger partial charge >= 0.3 is 12.1 Å². The number of ether oxygens (including phenoxy) is 1. The van der Waals surface area contributed by atoms with Gasteiger partial charge < -0.3 is 9.64 Å². The first-order valence-corrected chi connectivity index (χ1v) is 11.7. The van der Waals surface area contributed by atoms with Crippen LogP contribution in [0.25, 0.3) is 16.1 Å². The molecular formula is C24H26N6O3S. The van der Waals surface area contributed by atoms with Gasteiger partial charge in [-0.1, -0.05) is 12.1 Å². The van der Waals surface area contributed by atoms with Crippen molar-refractivity contribution in [1.82, 2.24) is 19.9 Å². The zero-order valence-corrected chi connectivity index (χ0v) is 20.1. The minimum absolute atomic E-state index is 0.322. The highest BCUT2D eigenvalue weighted by atomic mass is 32.1. The van der Waals surface area contributed by atoms with Gasteiger partial charge in [-0.15, -0.1) is 11.3 Å². The summed E-state index contributed by atoms with van der Waals surface area (Å²) in [6.07, 6.45) is 5.70. The van der Waals surface area contributed by atoms with Crippen LogP contribution in [0, 0.1) is 0 Å². The fourth-order valence-corrected chi connectivity index (χ4v) is 4.06. The van der Waals surface area contributed by atoms with E-state index in [0.29, 0.717) is 31.1 Å². The maximum atomic E-state index is 12.5. The van der Waals surface area contributed by atoms with Crippen molar-refractivity contribution in [2.75, 3.05) is 23.7 Å². The summed E-state index contributed by atoms with van der Waals surface area (Å²) in [5.74, 6) is 0.887. The molecule has 176 valence electrons. The van der Waals surface area contributed by atoms with Crippen molar-refractivity contribution in [3.05, 3.63) is 59.9 Å². The Morgan fingerprint density at radius 2 is 1.82 bits per heavy atom.